The van der Waals surface area contributed by atoms with E-state index in [9.17, 15) is 0 Å². The smallest absolute Gasteiger partial charge is 0.157 e. The molecule has 96 valence electrons. The summed E-state index contributed by atoms with van der Waals surface area (Å²) in [6.07, 6.45) is 3.33. The molecule has 2 aromatic heterocycles. The highest BCUT2D eigenvalue weighted by molar-refractivity contribution is 6.35. The zero-order chi connectivity index (χ0) is 13.1. The highest BCUT2D eigenvalue weighted by Gasteiger charge is 2.10. The SMILES string of the molecule is CC(C)NCc1cnc(-c2ncc(Cl)cc2Cl)[nH]1. The number of pyridine rings is 1. The van der Waals surface area contributed by atoms with Gasteiger partial charge in [-0.3, -0.25) is 0 Å². The van der Waals surface area contributed by atoms with Crippen molar-refractivity contribution in [2.45, 2.75) is 26.4 Å². The molecule has 4 nitrogen and oxygen atoms in total. The molecule has 2 heterocycles. The van der Waals surface area contributed by atoms with Gasteiger partial charge in [-0.15, -0.1) is 0 Å². The first-order chi connectivity index (χ1) is 8.56. The van der Waals surface area contributed by atoms with E-state index in [2.05, 4.69) is 34.1 Å². The second-order valence-corrected chi connectivity index (χ2v) is 5.12. The standard InChI is InChI=1S/C12H14Cl2N4/c1-7(2)15-5-9-6-17-12(18-9)11-10(14)3-8(13)4-16-11/h3-4,6-7,15H,5H2,1-2H3,(H,17,18). The van der Waals surface area contributed by atoms with Crippen LogP contribution < -0.4 is 5.32 Å². The molecule has 2 aromatic rings. The van der Waals surface area contributed by atoms with Crippen molar-refractivity contribution < 1.29 is 0 Å². The normalized spacial score (nSPS) is 11.2. The molecular weight excluding hydrogens is 271 g/mol. The van der Waals surface area contributed by atoms with Gasteiger partial charge in [0.15, 0.2) is 5.82 Å². The van der Waals surface area contributed by atoms with Crippen LogP contribution in [0.2, 0.25) is 10.0 Å². The second kappa shape index (κ2) is 5.69. The van der Waals surface area contributed by atoms with Gasteiger partial charge in [0, 0.05) is 24.5 Å². The van der Waals surface area contributed by atoms with Crippen LogP contribution in [0.15, 0.2) is 18.5 Å². The number of H-pyrrole nitrogens is 1. The van der Waals surface area contributed by atoms with Gasteiger partial charge >= 0.3 is 0 Å². The predicted octanol–water partition coefficient (Wildman–Crippen LogP) is 3.28. The van der Waals surface area contributed by atoms with Crippen molar-refractivity contribution in [1.29, 1.82) is 0 Å². The number of hydrogen-bond acceptors (Lipinski definition) is 3. The maximum absolute atomic E-state index is 6.08. The molecule has 0 aliphatic carbocycles. The molecule has 0 radical (unpaired) electrons. The quantitative estimate of drug-likeness (QED) is 0.906. The van der Waals surface area contributed by atoms with Crippen LogP contribution in [0.25, 0.3) is 11.5 Å². The van der Waals surface area contributed by atoms with Crippen LogP contribution in [-0.2, 0) is 6.54 Å². The minimum Gasteiger partial charge on any atom is -0.339 e. The van der Waals surface area contributed by atoms with Gasteiger partial charge in [0.1, 0.15) is 5.69 Å². The van der Waals surface area contributed by atoms with E-state index >= 15 is 0 Å². The molecule has 2 rings (SSSR count). The summed E-state index contributed by atoms with van der Waals surface area (Å²) in [7, 11) is 0. The van der Waals surface area contributed by atoms with Crippen LogP contribution >= 0.6 is 23.2 Å². The molecule has 0 saturated carbocycles. The van der Waals surface area contributed by atoms with Crippen LogP contribution in [0.3, 0.4) is 0 Å². The molecule has 0 spiro atoms. The van der Waals surface area contributed by atoms with Crippen molar-refractivity contribution in [3.63, 3.8) is 0 Å². The van der Waals surface area contributed by atoms with Crippen molar-refractivity contribution in [1.82, 2.24) is 20.3 Å². The van der Waals surface area contributed by atoms with Gasteiger partial charge in [-0.05, 0) is 6.07 Å². The second-order valence-electron chi connectivity index (χ2n) is 4.28. The first-order valence-corrected chi connectivity index (χ1v) is 6.40. The van der Waals surface area contributed by atoms with Crippen LogP contribution in [0.4, 0.5) is 0 Å². The van der Waals surface area contributed by atoms with E-state index in [1.54, 1.807) is 18.5 Å². The monoisotopic (exact) mass is 284 g/mol. The Hall–Kier alpha value is -1.10. The lowest BCUT2D eigenvalue weighted by Crippen LogP contribution is -2.21. The molecular formula is C12H14Cl2N4. The summed E-state index contributed by atoms with van der Waals surface area (Å²) in [5.41, 5.74) is 1.60. The molecule has 0 amide bonds. The fraction of sp³-hybridized carbons (Fsp3) is 0.333. The molecule has 0 atom stereocenters. The number of rotatable bonds is 4. The Morgan fingerprint density at radius 3 is 2.72 bits per heavy atom. The molecule has 0 fully saturated rings. The number of imidazole rings is 1. The lowest BCUT2D eigenvalue weighted by molar-refractivity contribution is 0.583. The minimum atomic E-state index is 0.425. The average molecular weight is 285 g/mol. The molecule has 6 heteroatoms. The molecule has 0 aliphatic rings. The Labute approximate surface area is 116 Å². The summed E-state index contributed by atoms with van der Waals surface area (Å²) in [6.45, 7) is 4.92. The van der Waals surface area contributed by atoms with Crippen LogP contribution in [0.5, 0.6) is 0 Å². The summed E-state index contributed by atoms with van der Waals surface area (Å²) in [5.74, 6) is 0.650. The molecule has 0 aliphatic heterocycles. The largest absolute Gasteiger partial charge is 0.339 e. The third-order valence-electron chi connectivity index (χ3n) is 2.36. The van der Waals surface area contributed by atoms with Crippen LogP contribution in [0.1, 0.15) is 19.5 Å². The van der Waals surface area contributed by atoms with Crippen LogP contribution in [-0.4, -0.2) is 21.0 Å². The topological polar surface area (TPSA) is 53.6 Å². The van der Waals surface area contributed by atoms with Gasteiger partial charge < -0.3 is 10.3 Å². The number of aromatic nitrogens is 3. The zero-order valence-corrected chi connectivity index (χ0v) is 11.7. The van der Waals surface area contributed by atoms with Gasteiger partial charge in [0.25, 0.3) is 0 Å². The summed E-state index contributed by atoms with van der Waals surface area (Å²) >= 11 is 11.9. The van der Waals surface area contributed by atoms with E-state index in [-0.39, 0.29) is 0 Å². The molecule has 0 unspecified atom stereocenters. The number of hydrogen-bond donors (Lipinski definition) is 2. The first-order valence-electron chi connectivity index (χ1n) is 5.65. The Morgan fingerprint density at radius 1 is 1.28 bits per heavy atom. The Kier molecular flexibility index (Phi) is 4.22. The predicted molar refractivity (Wildman–Crippen MR) is 73.8 cm³/mol. The van der Waals surface area contributed by atoms with Gasteiger partial charge in [0.2, 0.25) is 0 Å². The van der Waals surface area contributed by atoms with Gasteiger partial charge in [-0.2, -0.15) is 0 Å². The lowest BCUT2D eigenvalue weighted by atomic mass is 10.3. The Balaban J connectivity index is 2.18. The average Bonchev–Trinajstić information content (AvgIpc) is 2.75. The van der Waals surface area contributed by atoms with E-state index < -0.39 is 0 Å². The van der Waals surface area contributed by atoms with E-state index in [0.717, 1.165) is 12.2 Å². The van der Waals surface area contributed by atoms with Crippen LogP contribution in [0, 0.1) is 0 Å². The lowest BCUT2D eigenvalue weighted by Gasteiger charge is -2.05. The highest BCUT2D eigenvalue weighted by atomic mass is 35.5. The van der Waals surface area contributed by atoms with E-state index in [1.165, 1.54) is 0 Å². The molecule has 0 saturated heterocycles. The van der Waals surface area contributed by atoms with Crippen molar-refractivity contribution in [2.75, 3.05) is 0 Å². The van der Waals surface area contributed by atoms with E-state index in [0.29, 0.717) is 27.6 Å². The third-order valence-corrected chi connectivity index (χ3v) is 2.86. The van der Waals surface area contributed by atoms with Crippen molar-refractivity contribution in [2.24, 2.45) is 0 Å². The molecule has 0 bridgehead atoms. The number of nitrogens with one attached hydrogen (secondary N) is 2. The summed E-state index contributed by atoms with van der Waals surface area (Å²) in [6, 6.07) is 2.08. The fourth-order valence-electron chi connectivity index (χ4n) is 1.47. The van der Waals surface area contributed by atoms with Crippen molar-refractivity contribution in [3.8, 4) is 11.5 Å². The Bertz CT molecular complexity index is 537. The van der Waals surface area contributed by atoms with Gasteiger partial charge in [-0.25, -0.2) is 9.97 Å². The maximum atomic E-state index is 6.08. The minimum absolute atomic E-state index is 0.425. The van der Waals surface area contributed by atoms with Crippen molar-refractivity contribution in [3.05, 3.63) is 34.2 Å². The van der Waals surface area contributed by atoms with Crippen molar-refractivity contribution >= 4 is 23.2 Å². The van der Waals surface area contributed by atoms with Gasteiger partial charge in [0.05, 0.1) is 16.2 Å². The zero-order valence-electron chi connectivity index (χ0n) is 10.2. The highest BCUT2D eigenvalue weighted by Crippen LogP contribution is 2.25. The number of aromatic amines is 1. The van der Waals surface area contributed by atoms with E-state index in [1.807, 2.05) is 0 Å². The fourth-order valence-corrected chi connectivity index (χ4v) is 1.94. The number of halogens is 2. The molecule has 18 heavy (non-hydrogen) atoms. The summed E-state index contributed by atoms with van der Waals surface area (Å²) < 4.78 is 0. The first kappa shape index (κ1) is 13.3. The third kappa shape index (κ3) is 3.22. The number of nitrogens with zero attached hydrogens (tertiary/aromatic N) is 2. The van der Waals surface area contributed by atoms with Gasteiger partial charge in [-0.1, -0.05) is 37.0 Å². The molecule has 2 N–H and O–H groups in total. The van der Waals surface area contributed by atoms with E-state index in [4.69, 9.17) is 23.2 Å². The summed E-state index contributed by atoms with van der Waals surface area (Å²) in [5, 5.41) is 4.30. The molecule has 0 aromatic carbocycles. The maximum Gasteiger partial charge on any atom is 0.157 e. The summed E-state index contributed by atoms with van der Waals surface area (Å²) in [4.78, 5) is 11.6. The Morgan fingerprint density at radius 2 is 2.06 bits per heavy atom.